The van der Waals surface area contributed by atoms with Crippen molar-refractivity contribution >= 4 is 18.0 Å². The van der Waals surface area contributed by atoms with Gasteiger partial charge in [-0.05, 0) is 60.3 Å². The van der Waals surface area contributed by atoms with Crippen molar-refractivity contribution in [2.45, 2.75) is 50.5 Å². The molecule has 1 aliphatic heterocycles. The molecule has 2 amide bonds. The number of fused-ring (bicyclic) bond motifs is 3. The lowest BCUT2D eigenvalue weighted by molar-refractivity contribution is -0.139. The molecule has 2 aromatic carbocycles. The Morgan fingerprint density at radius 3 is 2.17 bits per heavy atom. The molecule has 2 N–H and O–H groups in total. The zero-order chi connectivity index (χ0) is 24.4. The molecule has 0 spiro atoms. The summed E-state index contributed by atoms with van der Waals surface area (Å²) in [6, 6.07) is 16.4. The van der Waals surface area contributed by atoms with Crippen LogP contribution in [-0.2, 0) is 14.3 Å². The minimum absolute atomic E-state index is 0.0232. The first-order valence-corrected chi connectivity index (χ1v) is 12.6. The van der Waals surface area contributed by atoms with E-state index >= 15 is 0 Å². The minimum Gasteiger partial charge on any atom is -0.481 e. The number of carboxylic acid groups (broad SMARTS) is 1. The van der Waals surface area contributed by atoms with Gasteiger partial charge in [-0.3, -0.25) is 9.59 Å². The molecule has 1 saturated carbocycles. The molecule has 2 aliphatic carbocycles. The second-order valence-electron chi connectivity index (χ2n) is 10.0. The number of amides is 2. The van der Waals surface area contributed by atoms with Crippen LogP contribution in [0.25, 0.3) is 11.1 Å². The Hall–Kier alpha value is -3.35. The summed E-state index contributed by atoms with van der Waals surface area (Å²) in [7, 11) is 0. The molecule has 0 aromatic heterocycles. The number of piperidine rings is 1. The first kappa shape index (κ1) is 23.4. The molecule has 2 atom stereocenters. The van der Waals surface area contributed by atoms with Gasteiger partial charge in [0, 0.05) is 37.4 Å². The van der Waals surface area contributed by atoms with E-state index in [-0.39, 0.29) is 42.7 Å². The third-order valence-electron chi connectivity index (χ3n) is 7.84. The van der Waals surface area contributed by atoms with Gasteiger partial charge >= 0.3 is 12.1 Å². The van der Waals surface area contributed by atoms with Crippen molar-refractivity contribution in [3.63, 3.8) is 0 Å². The highest BCUT2D eigenvalue weighted by Crippen LogP contribution is 2.44. The van der Waals surface area contributed by atoms with Crippen molar-refractivity contribution in [3.8, 4) is 11.1 Å². The average Bonchev–Trinajstić information content (AvgIpc) is 3.45. The van der Waals surface area contributed by atoms with Crippen LogP contribution in [0, 0.1) is 11.8 Å². The third kappa shape index (κ3) is 5.04. The lowest BCUT2D eigenvalue weighted by Crippen LogP contribution is -2.42. The van der Waals surface area contributed by atoms with E-state index in [0.717, 1.165) is 25.7 Å². The van der Waals surface area contributed by atoms with Crippen LogP contribution < -0.4 is 5.32 Å². The number of nitrogens with zero attached hydrogens (tertiary/aromatic N) is 1. The quantitative estimate of drug-likeness (QED) is 0.644. The van der Waals surface area contributed by atoms with Gasteiger partial charge in [-0.1, -0.05) is 48.5 Å². The molecule has 3 aliphatic rings. The Balaban J connectivity index is 1.10. The van der Waals surface area contributed by atoms with Crippen LogP contribution in [0.15, 0.2) is 48.5 Å². The van der Waals surface area contributed by atoms with E-state index < -0.39 is 12.1 Å². The number of likely N-dealkylation sites (tertiary alicyclic amines) is 1. The van der Waals surface area contributed by atoms with Gasteiger partial charge in [-0.25, -0.2) is 4.79 Å². The average molecular weight is 477 g/mol. The zero-order valence-electron chi connectivity index (χ0n) is 19.8. The molecule has 7 nitrogen and oxygen atoms in total. The van der Waals surface area contributed by atoms with Crippen LogP contribution in [0.3, 0.4) is 0 Å². The van der Waals surface area contributed by atoms with E-state index in [1.807, 2.05) is 29.2 Å². The second-order valence-corrected chi connectivity index (χ2v) is 10.0. The summed E-state index contributed by atoms with van der Waals surface area (Å²) in [5.74, 6) is -0.550. The maximum Gasteiger partial charge on any atom is 0.407 e. The predicted octanol–water partition coefficient (Wildman–Crippen LogP) is 4.41. The SMILES string of the molecule is O=C(O)CC1CCN(C(=O)[C@@H]2CC[C@H](NC(=O)OCC3c4ccccc4-c4ccccc43)C2)CC1. The van der Waals surface area contributed by atoms with Crippen LogP contribution >= 0.6 is 0 Å². The summed E-state index contributed by atoms with van der Waals surface area (Å²) < 4.78 is 5.66. The van der Waals surface area contributed by atoms with E-state index in [0.29, 0.717) is 19.5 Å². The molecule has 0 bridgehead atoms. The van der Waals surface area contributed by atoms with E-state index in [9.17, 15) is 14.4 Å². The van der Waals surface area contributed by atoms with E-state index in [1.165, 1.54) is 22.3 Å². The fourth-order valence-electron chi connectivity index (χ4n) is 6.01. The van der Waals surface area contributed by atoms with Gasteiger partial charge in [0.05, 0.1) is 0 Å². The maximum absolute atomic E-state index is 13.0. The molecule has 35 heavy (non-hydrogen) atoms. The highest BCUT2D eigenvalue weighted by Gasteiger charge is 2.35. The fraction of sp³-hybridized carbons (Fsp3) is 0.464. The molecule has 2 fully saturated rings. The van der Waals surface area contributed by atoms with E-state index in [2.05, 4.69) is 29.6 Å². The Labute approximate surface area is 205 Å². The molecule has 1 saturated heterocycles. The molecule has 7 heteroatoms. The normalized spacial score (nSPS) is 21.9. The predicted molar refractivity (Wildman–Crippen MR) is 131 cm³/mol. The van der Waals surface area contributed by atoms with Gasteiger partial charge in [-0.15, -0.1) is 0 Å². The standard InChI is InChI=1S/C28H32N2O5/c31-26(32)15-18-11-13-30(14-12-18)27(33)19-9-10-20(16-19)29-28(34)35-17-25-23-7-3-1-5-21(23)22-6-2-4-8-24(22)25/h1-8,18-20,25H,9-17H2,(H,29,34)(H,31,32)/t19-,20+/m1/s1. The Bertz CT molecular complexity index is 1060. The van der Waals surface area contributed by atoms with Crippen molar-refractivity contribution in [3.05, 3.63) is 59.7 Å². The van der Waals surface area contributed by atoms with Crippen LogP contribution in [0.1, 0.15) is 55.6 Å². The molecule has 0 radical (unpaired) electrons. The first-order valence-electron chi connectivity index (χ1n) is 12.6. The van der Waals surface area contributed by atoms with E-state index in [4.69, 9.17) is 9.84 Å². The summed E-state index contributed by atoms with van der Waals surface area (Å²) in [5, 5.41) is 11.9. The summed E-state index contributed by atoms with van der Waals surface area (Å²) in [6.07, 6.45) is 3.37. The molecule has 0 unspecified atom stereocenters. The van der Waals surface area contributed by atoms with Gasteiger partial charge in [0.2, 0.25) is 5.91 Å². The maximum atomic E-state index is 13.0. The van der Waals surface area contributed by atoms with Crippen molar-refractivity contribution in [1.82, 2.24) is 10.2 Å². The van der Waals surface area contributed by atoms with Crippen molar-refractivity contribution in [2.24, 2.45) is 11.8 Å². The van der Waals surface area contributed by atoms with Crippen LogP contribution in [-0.4, -0.2) is 53.7 Å². The minimum atomic E-state index is -0.771. The van der Waals surface area contributed by atoms with Gasteiger partial charge in [0.15, 0.2) is 0 Å². The van der Waals surface area contributed by atoms with Crippen molar-refractivity contribution < 1.29 is 24.2 Å². The summed E-state index contributed by atoms with van der Waals surface area (Å²) >= 11 is 0. The van der Waals surface area contributed by atoms with Gasteiger partial charge in [0.1, 0.15) is 6.61 Å². The third-order valence-corrected chi connectivity index (χ3v) is 7.84. The summed E-state index contributed by atoms with van der Waals surface area (Å²) in [4.78, 5) is 38.4. The zero-order valence-corrected chi connectivity index (χ0v) is 19.8. The summed E-state index contributed by atoms with van der Waals surface area (Å²) in [6.45, 7) is 1.52. The highest BCUT2D eigenvalue weighted by molar-refractivity contribution is 5.80. The number of carboxylic acids is 1. The number of nitrogens with one attached hydrogen (secondary N) is 1. The number of hydrogen-bond acceptors (Lipinski definition) is 4. The Morgan fingerprint density at radius 2 is 1.54 bits per heavy atom. The number of alkyl carbamates (subject to hydrolysis) is 1. The lowest BCUT2D eigenvalue weighted by Gasteiger charge is -2.33. The Morgan fingerprint density at radius 1 is 0.914 bits per heavy atom. The molecular formula is C28H32N2O5. The highest BCUT2D eigenvalue weighted by atomic mass is 16.5. The fourth-order valence-corrected chi connectivity index (χ4v) is 6.01. The monoisotopic (exact) mass is 476 g/mol. The topological polar surface area (TPSA) is 95.9 Å². The first-order chi connectivity index (χ1) is 17.0. The van der Waals surface area contributed by atoms with Gasteiger partial charge < -0.3 is 20.1 Å². The van der Waals surface area contributed by atoms with Crippen molar-refractivity contribution in [1.29, 1.82) is 0 Å². The van der Waals surface area contributed by atoms with Crippen LogP contribution in [0.2, 0.25) is 0 Å². The number of carbonyl (C=O) groups is 3. The van der Waals surface area contributed by atoms with E-state index in [1.54, 1.807) is 0 Å². The smallest absolute Gasteiger partial charge is 0.407 e. The van der Waals surface area contributed by atoms with Crippen molar-refractivity contribution in [2.75, 3.05) is 19.7 Å². The summed E-state index contributed by atoms with van der Waals surface area (Å²) in [5.41, 5.74) is 4.75. The largest absolute Gasteiger partial charge is 0.481 e. The molecular weight excluding hydrogens is 444 g/mol. The molecule has 5 rings (SSSR count). The van der Waals surface area contributed by atoms with Gasteiger partial charge in [0.25, 0.3) is 0 Å². The van der Waals surface area contributed by atoms with Crippen LogP contribution in [0.4, 0.5) is 4.79 Å². The van der Waals surface area contributed by atoms with Crippen LogP contribution in [0.5, 0.6) is 0 Å². The Kier molecular flexibility index (Phi) is 6.75. The lowest BCUT2D eigenvalue weighted by atomic mass is 9.92. The number of rotatable bonds is 6. The number of hydrogen-bond donors (Lipinski definition) is 2. The molecule has 2 aromatic rings. The number of ether oxygens (including phenoxy) is 1. The number of benzene rings is 2. The molecule has 184 valence electrons. The number of aliphatic carboxylic acids is 1. The van der Waals surface area contributed by atoms with Gasteiger partial charge in [-0.2, -0.15) is 0 Å². The number of carbonyl (C=O) groups excluding carboxylic acids is 2. The molecule has 1 heterocycles. The second kappa shape index (κ2) is 10.1.